The first-order valence-corrected chi connectivity index (χ1v) is 6.76. The maximum Gasteiger partial charge on any atom is 0.340 e. The second-order valence-corrected chi connectivity index (χ2v) is 4.53. The van der Waals surface area contributed by atoms with Crippen LogP contribution >= 0.6 is 11.6 Å². The molecule has 0 aromatic carbocycles. The highest BCUT2D eigenvalue weighted by atomic mass is 35.5. The number of pyridine rings is 1. The highest BCUT2D eigenvalue weighted by molar-refractivity contribution is 6.29. The topological polar surface area (TPSA) is 107 Å². The van der Waals surface area contributed by atoms with E-state index in [9.17, 15) is 9.59 Å². The van der Waals surface area contributed by atoms with Gasteiger partial charge in [-0.1, -0.05) is 11.6 Å². The molecule has 0 aliphatic heterocycles. The molecule has 0 spiro atoms. The van der Waals surface area contributed by atoms with Crippen LogP contribution in [0, 0.1) is 22.7 Å². The first-order valence-electron chi connectivity index (χ1n) is 6.39. The Bertz CT molecular complexity index is 586. The summed E-state index contributed by atoms with van der Waals surface area (Å²) >= 11 is 5.61. The molecule has 0 N–H and O–H groups in total. The third kappa shape index (κ3) is 5.78. The van der Waals surface area contributed by atoms with E-state index in [1.807, 2.05) is 12.1 Å². The van der Waals surface area contributed by atoms with Crippen LogP contribution in [0.25, 0.3) is 0 Å². The van der Waals surface area contributed by atoms with Crippen molar-refractivity contribution in [2.24, 2.45) is 0 Å². The molecule has 1 aromatic heterocycles. The Balaban J connectivity index is 2.54. The number of carbonyl (C=O) groups excluding carboxylic acids is 2. The fourth-order valence-electron chi connectivity index (χ4n) is 1.53. The number of rotatable bonds is 7. The van der Waals surface area contributed by atoms with Crippen LogP contribution < -0.4 is 0 Å². The smallest absolute Gasteiger partial charge is 0.340 e. The Morgan fingerprint density at radius 3 is 2.36 bits per heavy atom. The van der Waals surface area contributed by atoms with E-state index in [-0.39, 0.29) is 36.6 Å². The number of carbonyl (C=O) groups is 2. The minimum Gasteiger partial charge on any atom is -0.452 e. The number of ether oxygens (including phenoxy) is 1. The van der Waals surface area contributed by atoms with Gasteiger partial charge in [0.15, 0.2) is 6.61 Å². The number of amides is 1. The molecular weight excluding hydrogens is 308 g/mol. The summed E-state index contributed by atoms with van der Waals surface area (Å²) in [5, 5.41) is 17.4. The quantitative estimate of drug-likeness (QED) is 0.557. The van der Waals surface area contributed by atoms with Gasteiger partial charge in [0.1, 0.15) is 5.15 Å². The summed E-state index contributed by atoms with van der Waals surface area (Å²) in [7, 11) is 0. The number of halogens is 1. The summed E-state index contributed by atoms with van der Waals surface area (Å²) < 4.78 is 4.89. The van der Waals surface area contributed by atoms with Gasteiger partial charge in [-0.15, -0.1) is 0 Å². The Morgan fingerprint density at radius 1 is 1.23 bits per heavy atom. The molecular formula is C14H13ClN4O3. The zero-order chi connectivity index (χ0) is 16.4. The molecule has 8 heteroatoms. The highest BCUT2D eigenvalue weighted by Gasteiger charge is 2.16. The molecule has 0 atom stereocenters. The van der Waals surface area contributed by atoms with Crippen molar-refractivity contribution < 1.29 is 14.3 Å². The molecule has 0 aliphatic carbocycles. The van der Waals surface area contributed by atoms with Crippen LogP contribution in [0.4, 0.5) is 0 Å². The minimum atomic E-state index is -0.696. The van der Waals surface area contributed by atoms with E-state index < -0.39 is 18.5 Å². The summed E-state index contributed by atoms with van der Waals surface area (Å²) in [5.74, 6) is -1.15. The first kappa shape index (κ1) is 17.4. The third-order valence-electron chi connectivity index (χ3n) is 2.63. The predicted molar refractivity (Wildman–Crippen MR) is 76.6 cm³/mol. The lowest BCUT2D eigenvalue weighted by Gasteiger charge is -2.20. The molecule has 1 amide bonds. The Hall–Kier alpha value is -2.64. The van der Waals surface area contributed by atoms with E-state index in [1.165, 1.54) is 23.2 Å². The van der Waals surface area contributed by atoms with Crippen molar-refractivity contribution in [1.29, 1.82) is 10.5 Å². The fraction of sp³-hybridized carbons (Fsp3) is 0.357. The van der Waals surface area contributed by atoms with Crippen LogP contribution in [0.5, 0.6) is 0 Å². The fourth-order valence-corrected chi connectivity index (χ4v) is 1.64. The van der Waals surface area contributed by atoms with E-state index in [2.05, 4.69) is 4.98 Å². The predicted octanol–water partition coefficient (Wildman–Crippen LogP) is 1.55. The lowest BCUT2D eigenvalue weighted by atomic mass is 10.3. The second-order valence-electron chi connectivity index (χ2n) is 4.14. The second kappa shape index (κ2) is 9.32. The summed E-state index contributed by atoms with van der Waals surface area (Å²) in [6, 6.07) is 6.71. The number of nitriles is 2. The Labute approximate surface area is 132 Å². The molecule has 0 radical (unpaired) electrons. The molecule has 7 nitrogen and oxygen atoms in total. The molecule has 0 unspecified atom stereocenters. The zero-order valence-electron chi connectivity index (χ0n) is 11.7. The van der Waals surface area contributed by atoms with Crippen molar-refractivity contribution in [3.8, 4) is 12.1 Å². The highest BCUT2D eigenvalue weighted by Crippen LogP contribution is 2.06. The monoisotopic (exact) mass is 320 g/mol. The summed E-state index contributed by atoms with van der Waals surface area (Å²) in [4.78, 5) is 28.7. The lowest BCUT2D eigenvalue weighted by Crippen LogP contribution is -2.36. The van der Waals surface area contributed by atoms with E-state index in [4.69, 9.17) is 26.9 Å². The van der Waals surface area contributed by atoms with E-state index in [0.717, 1.165) is 0 Å². The van der Waals surface area contributed by atoms with Gasteiger partial charge in [0.2, 0.25) is 0 Å². The van der Waals surface area contributed by atoms with Crippen LogP contribution in [0.3, 0.4) is 0 Å². The Morgan fingerprint density at radius 2 is 1.86 bits per heavy atom. The Kier molecular flexibility index (Phi) is 7.38. The molecule has 0 aliphatic rings. The van der Waals surface area contributed by atoms with Crippen molar-refractivity contribution in [2.75, 3.05) is 19.7 Å². The van der Waals surface area contributed by atoms with E-state index in [1.54, 1.807) is 0 Å². The summed E-state index contributed by atoms with van der Waals surface area (Å²) in [6.07, 6.45) is 1.54. The van der Waals surface area contributed by atoms with Crippen molar-refractivity contribution in [2.45, 2.75) is 12.8 Å². The van der Waals surface area contributed by atoms with Crippen LogP contribution in [0.1, 0.15) is 23.2 Å². The van der Waals surface area contributed by atoms with Crippen LogP contribution in [-0.2, 0) is 9.53 Å². The average Bonchev–Trinajstić information content (AvgIpc) is 2.53. The molecule has 0 saturated carbocycles. The molecule has 0 saturated heterocycles. The molecule has 1 aromatic rings. The summed E-state index contributed by atoms with van der Waals surface area (Å²) in [5.41, 5.74) is 0.179. The van der Waals surface area contributed by atoms with Crippen LogP contribution in [-0.4, -0.2) is 41.5 Å². The molecule has 22 heavy (non-hydrogen) atoms. The maximum absolute atomic E-state index is 11.9. The number of nitrogens with zero attached hydrogens (tertiary/aromatic N) is 4. The number of esters is 1. The normalized spacial score (nSPS) is 9.41. The number of aromatic nitrogens is 1. The summed E-state index contributed by atoms with van der Waals surface area (Å²) in [6.45, 7) is -0.0769. The lowest BCUT2D eigenvalue weighted by molar-refractivity contribution is -0.134. The van der Waals surface area contributed by atoms with Gasteiger partial charge in [-0.2, -0.15) is 10.5 Å². The van der Waals surface area contributed by atoms with Gasteiger partial charge in [0.05, 0.1) is 30.5 Å². The number of hydrogen-bond acceptors (Lipinski definition) is 6. The van der Waals surface area contributed by atoms with Gasteiger partial charge in [0.25, 0.3) is 5.91 Å². The molecule has 1 heterocycles. The standard InChI is InChI=1S/C14H13ClN4O3/c15-12-4-3-11(9-18-12)14(21)22-10-13(20)19(7-1-5-16)8-2-6-17/h3-4,9H,1-2,7-8,10H2. The van der Waals surface area contributed by atoms with E-state index in [0.29, 0.717) is 0 Å². The molecule has 1 rings (SSSR count). The van der Waals surface area contributed by atoms with E-state index >= 15 is 0 Å². The van der Waals surface area contributed by atoms with Gasteiger partial charge in [-0.3, -0.25) is 4.79 Å². The molecule has 0 fully saturated rings. The first-order chi connectivity index (χ1) is 10.6. The SMILES string of the molecule is N#CCCN(CCC#N)C(=O)COC(=O)c1ccc(Cl)nc1. The third-order valence-corrected chi connectivity index (χ3v) is 2.85. The number of hydrogen-bond donors (Lipinski definition) is 0. The van der Waals surface area contributed by atoms with Gasteiger partial charge < -0.3 is 9.64 Å². The maximum atomic E-state index is 11.9. The van der Waals surface area contributed by atoms with Crippen molar-refractivity contribution in [1.82, 2.24) is 9.88 Å². The van der Waals surface area contributed by atoms with Crippen molar-refractivity contribution >= 4 is 23.5 Å². The van der Waals surface area contributed by atoms with Crippen molar-refractivity contribution in [3.63, 3.8) is 0 Å². The van der Waals surface area contributed by atoms with Crippen molar-refractivity contribution in [3.05, 3.63) is 29.0 Å². The minimum absolute atomic E-state index is 0.145. The average molecular weight is 321 g/mol. The molecule has 0 bridgehead atoms. The van der Waals surface area contributed by atoms with Gasteiger partial charge in [-0.05, 0) is 12.1 Å². The zero-order valence-corrected chi connectivity index (χ0v) is 12.4. The van der Waals surface area contributed by atoms with Crippen LogP contribution in [0.15, 0.2) is 18.3 Å². The van der Waals surface area contributed by atoms with Gasteiger partial charge in [-0.25, -0.2) is 9.78 Å². The largest absolute Gasteiger partial charge is 0.452 e. The van der Waals surface area contributed by atoms with Gasteiger partial charge >= 0.3 is 5.97 Å². The molecule has 114 valence electrons. The van der Waals surface area contributed by atoms with Crippen LogP contribution in [0.2, 0.25) is 5.15 Å². The van der Waals surface area contributed by atoms with Gasteiger partial charge in [0, 0.05) is 19.3 Å².